The van der Waals surface area contributed by atoms with Gasteiger partial charge in [-0.15, -0.1) is 11.3 Å². The first-order valence-corrected chi connectivity index (χ1v) is 11.0. The first kappa shape index (κ1) is 21.0. The second-order valence-corrected chi connectivity index (χ2v) is 8.77. The Morgan fingerprint density at radius 1 is 1.10 bits per heavy atom. The van der Waals surface area contributed by atoms with Crippen molar-refractivity contribution in [2.75, 3.05) is 7.05 Å². The van der Waals surface area contributed by atoms with E-state index in [4.69, 9.17) is 0 Å². The Morgan fingerprint density at radius 2 is 1.84 bits per heavy atom. The molecule has 2 aromatic carbocycles. The van der Waals surface area contributed by atoms with Crippen LogP contribution in [-0.2, 0) is 11.3 Å². The number of benzene rings is 2. The molecule has 4 rings (SSSR count). The van der Waals surface area contributed by atoms with E-state index in [1.54, 1.807) is 48.4 Å². The number of hydrogen-bond acceptors (Lipinski definition) is 3. The smallest absolute Gasteiger partial charge is 0.251 e. The summed E-state index contributed by atoms with van der Waals surface area (Å²) in [5.41, 5.74) is 2.14. The molecule has 1 saturated carbocycles. The number of carbonyl (C=O) groups excluding carboxylic acids is 2. The topological polar surface area (TPSA) is 49.4 Å². The molecule has 1 heterocycles. The minimum atomic E-state index is -0.258. The van der Waals surface area contributed by atoms with Crippen LogP contribution in [0.1, 0.15) is 33.6 Å². The summed E-state index contributed by atoms with van der Waals surface area (Å²) in [6.45, 7) is 0.443. The van der Waals surface area contributed by atoms with Crippen LogP contribution >= 0.6 is 11.3 Å². The molecule has 2 amide bonds. The van der Waals surface area contributed by atoms with E-state index in [2.05, 4.69) is 5.32 Å². The SMILES string of the molecule is CN(Cc1ccc(C(=O)NC2CC2)cc1)C(=O)/C=C/c1ccc(-c2ccccc2F)s1. The molecule has 3 aromatic rings. The maximum atomic E-state index is 13.9. The van der Waals surface area contributed by atoms with Gasteiger partial charge in [0, 0.05) is 46.6 Å². The van der Waals surface area contributed by atoms with Crippen LogP contribution in [0.15, 0.2) is 66.7 Å². The molecular formula is C25H23FN2O2S. The third-order valence-electron chi connectivity index (χ3n) is 5.08. The molecule has 1 aromatic heterocycles. The first-order chi connectivity index (χ1) is 15.0. The van der Waals surface area contributed by atoms with Gasteiger partial charge >= 0.3 is 0 Å². The summed E-state index contributed by atoms with van der Waals surface area (Å²) in [5.74, 6) is -0.435. The Morgan fingerprint density at radius 3 is 2.55 bits per heavy atom. The van der Waals surface area contributed by atoms with Crippen LogP contribution in [0.25, 0.3) is 16.5 Å². The highest BCUT2D eigenvalue weighted by Gasteiger charge is 2.23. The summed E-state index contributed by atoms with van der Waals surface area (Å²) in [5, 5.41) is 2.96. The van der Waals surface area contributed by atoms with E-state index in [1.807, 2.05) is 24.3 Å². The van der Waals surface area contributed by atoms with Gasteiger partial charge in [0.25, 0.3) is 5.91 Å². The van der Waals surface area contributed by atoms with Crippen LogP contribution in [0.5, 0.6) is 0 Å². The maximum absolute atomic E-state index is 13.9. The molecular weight excluding hydrogens is 411 g/mol. The second-order valence-electron chi connectivity index (χ2n) is 7.65. The van der Waals surface area contributed by atoms with E-state index in [0.717, 1.165) is 28.2 Å². The van der Waals surface area contributed by atoms with E-state index in [1.165, 1.54) is 23.5 Å². The summed E-state index contributed by atoms with van der Waals surface area (Å²) in [4.78, 5) is 27.9. The van der Waals surface area contributed by atoms with Crippen LogP contribution in [0.4, 0.5) is 4.39 Å². The number of nitrogens with zero attached hydrogens (tertiary/aromatic N) is 1. The highest BCUT2D eigenvalue weighted by Crippen LogP contribution is 2.30. The Bertz CT molecular complexity index is 1120. The van der Waals surface area contributed by atoms with Gasteiger partial charge in [-0.2, -0.15) is 0 Å². The molecule has 6 heteroatoms. The van der Waals surface area contributed by atoms with Gasteiger partial charge in [-0.3, -0.25) is 9.59 Å². The zero-order valence-electron chi connectivity index (χ0n) is 17.2. The number of halogens is 1. The van der Waals surface area contributed by atoms with Crippen LogP contribution in [0, 0.1) is 5.82 Å². The number of hydrogen-bond donors (Lipinski definition) is 1. The first-order valence-electron chi connectivity index (χ1n) is 10.2. The Labute approximate surface area is 185 Å². The normalized spacial score (nSPS) is 13.4. The molecule has 1 aliphatic carbocycles. The Hall–Kier alpha value is -3.25. The molecule has 0 unspecified atom stereocenters. The predicted octanol–water partition coefficient (Wildman–Crippen LogP) is 5.12. The van der Waals surface area contributed by atoms with E-state index in [9.17, 15) is 14.0 Å². The minimum Gasteiger partial charge on any atom is -0.349 e. The highest BCUT2D eigenvalue weighted by atomic mass is 32.1. The van der Waals surface area contributed by atoms with Gasteiger partial charge in [-0.25, -0.2) is 4.39 Å². The van der Waals surface area contributed by atoms with Gasteiger partial charge in [0.2, 0.25) is 5.91 Å². The minimum absolute atomic E-state index is 0.0490. The average molecular weight is 435 g/mol. The van der Waals surface area contributed by atoms with E-state index in [0.29, 0.717) is 23.7 Å². The van der Waals surface area contributed by atoms with Crippen molar-refractivity contribution >= 4 is 29.2 Å². The lowest BCUT2D eigenvalue weighted by atomic mass is 10.1. The third-order valence-corrected chi connectivity index (χ3v) is 6.16. The third kappa shape index (κ3) is 5.47. The summed E-state index contributed by atoms with van der Waals surface area (Å²) in [6.07, 6.45) is 5.38. The quantitative estimate of drug-likeness (QED) is 0.525. The number of nitrogens with one attached hydrogen (secondary N) is 1. The molecule has 1 aliphatic rings. The predicted molar refractivity (Wildman–Crippen MR) is 122 cm³/mol. The largest absolute Gasteiger partial charge is 0.349 e. The average Bonchev–Trinajstić information content (AvgIpc) is 3.46. The van der Waals surface area contributed by atoms with E-state index >= 15 is 0 Å². The number of carbonyl (C=O) groups is 2. The van der Waals surface area contributed by atoms with Crippen LogP contribution in [0.2, 0.25) is 0 Å². The van der Waals surface area contributed by atoms with Crippen LogP contribution in [-0.4, -0.2) is 29.8 Å². The van der Waals surface area contributed by atoms with Crippen molar-refractivity contribution in [1.29, 1.82) is 0 Å². The number of likely N-dealkylation sites (N-methyl/N-ethyl adjacent to an activating group) is 1. The van der Waals surface area contributed by atoms with E-state index in [-0.39, 0.29) is 17.6 Å². The van der Waals surface area contributed by atoms with Gasteiger partial charge in [0.1, 0.15) is 5.82 Å². The monoisotopic (exact) mass is 434 g/mol. The molecule has 0 spiro atoms. The van der Waals surface area contributed by atoms with Gasteiger partial charge < -0.3 is 10.2 Å². The summed E-state index contributed by atoms with van der Waals surface area (Å²) in [6, 6.07) is 18.0. The van der Waals surface area contributed by atoms with E-state index < -0.39 is 0 Å². The van der Waals surface area contributed by atoms with Crippen molar-refractivity contribution < 1.29 is 14.0 Å². The van der Waals surface area contributed by atoms with Crippen molar-refractivity contribution in [3.8, 4) is 10.4 Å². The highest BCUT2D eigenvalue weighted by molar-refractivity contribution is 7.16. The van der Waals surface area contributed by atoms with Gasteiger partial charge in [-0.1, -0.05) is 30.3 Å². The second kappa shape index (κ2) is 9.27. The lowest BCUT2D eigenvalue weighted by Gasteiger charge is -2.15. The molecule has 0 radical (unpaired) electrons. The molecule has 0 atom stereocenters. The fraction of sp³-hybridized carbons (Fsp3) is 0.200. The molecule has 158 valence electrons. The van der Waals surface area contributed by atoms with Crippen molar-refractivity contribution in [1.82, 2.24) is 10.2 Å². The molecule has 0 bridgehead atoms. The molecule has 1 N–H and O–H groups in total. The van der Waals surface area contributed by atoms with Crippen molar-refractivity contribution in [3.05, 3.63) is 88.6 Å². The van der Waals surface area contributed by atoms with Crippen molar-refractivity contribution in [3.63, 3.8) is 0 Å². The number of rotatable bonds is 7. The lowest BCUT2D eigenvalue weighted by Crippen LogP contribution is -2.26. The zero-order valence-corrected chi connectivity index (χ0v) is 18.0. The Kier molecular flexibility index (Phi) is 6.28. The number of thiophene rings is 1. The van der Waals surface area contributed by atoms with Gasteiger partial charge in [0.05, 0.1) is 0 Å². The van der Waals surface area contributed by atoms with Gasteiger partial charge in [0.15, 0.2) is 0 Å². The zero-order chi connectivity index (χ0) is 21.8. The summed E-state index contributed by atoms with van der Waals surface area (Å²) >= 11 is 1.44. The summed E-state index contributed by atoms with van der Waals surface area (Å²) < 4.78 is 13.9. The molecule has 0 saturated heterocycles. The lowest BCUT2D eigenvalue weighted by molar-refractivity contribution is -0.125. The van der Waals surface area contributed by atoms with Crippen LogP contribution in [0.3, 0.4) is 0 Å². The fourth-order valence-corrected chi connectivity index (χ4v) is 4.08. The van der Waals surface area contributed by atoms with Gasteiger partial charge in [-0.05, 0) is 54.8 Å². The van der Waals surface area contributed by atoms with Crippen LogP contribution < -0.4 is 5.32 Å². The maximum Gasteiger partial charge on any atom is 0.251 e. The number of amides is 2. The standard InChI is InChI=1S/C25H23FN2O2S/c1-28(16-17-6-8-18(9-7-17)25(30)27-19-10-11-19)24(29)15-13-20-12-14-23(31-20)21-4-2-3-5-22(21)26/h2-9,12-15,19H,10-11,16H2,1H3,(H,27,30)/b15-13+. The molecule has 0 aliphatic heterocycles. The Balaban J connectivity index is 1.33. The fourth-order valence-electron chi connectivity index (χ4n) is 3.14. The van der Waals surface area contributed by atoms with Crippen molar-refractivity contribution in [2.45, 2.75) is 25.4 Å². The molecule has 4 nitrogen and oxygen atoms in total. The molecule has 1 fully saturated rings. The van der Waals surface area contributed by atoms with Crippen molar-refractivity contribution in [2.24, 2.45) is 0 Å². The molecule has 31 heavy (non-hydrogen) atoms. The summed E-state index contributed by atoms with van der Waals surface area (Å²) in [7, 11) is 1.74.